The van der Waals surface area contributed by atoms with Crippen molar-refractivity contribution >= 4 is 34.8 Å². The molecular formula is C43H55ClN4O6. The lowest BCUT2D eigenvalue weighted by Crippen LogP contribution is -2.66. The van der Waals surface area contributed by atoms with Crippen molar-refractivity contribution in [2.24, 2.45) is 5.41 Å². The molecule has 0 saturated carbocycles. The van der Waals surface area contributed by atoms with Crippen LogP contribution in [0.1, 0.15) is 116 Å². The van der Waals surface area contributed by atoms with Gasteiger partial charge in [-0.25, -0.2) is 4.79 Å². The number of benzene rings is 3. The van der Waals surface area contributed by atoms with E-state index in [1.165, 1.54) is 23.8 Å². The second-order valence-corrected chi connectivity index (χ2v) is 16.8. The van der Waals surface area contributed by atoms with Crippen molar-refractivity contribution in [1.29, 1.82) is 0 Å². The van der Waals surface area contributed by atoms with E-state index in [-0.39, 0.29) is 40.1 Å². The van der Waals surface area contributed by atoms with Gasteiger partial charge in [-0.05, 0) is 66.0 Å². The van der Waals surface area contributed by atoms with Crippen molar-refractivity contribution in [1.82, 2.24) is 14.5 Å². The Morgan fingerprint density at radius 2 is 1.54 bits per heavy atom. The molecule has 1 heterocycles. The zero-order valence-corrected chi connectivity index (χ0v) is 33.9. The van der Waals surface area contributed by atoms with Gasteiger partial charge in [0.15, 0.2) is 5.78 Å². The summed E-state index contributed by atoms with van der Waals surface area (Å²) in [7, 11) is 0. The molecule has 0 saturated heterocycles. The number of hydrogen-bond donors (Lipinski definition) is 3. The van der Waals surface area contributed by atoms with Crippen LogP contribution < -0.4 is 21.5 Å². The smallest absolute Gasteiger partial charge is 0.334 e. The summed E-state index contributed by atoms with van der Waals surface area (Å²) in [5.41, 5.74) is 3.82. The molecule has 3 aromatic carbocycles. The van der Waals surface area contributed by atoms with Crippen molar-refractivity contribution in [2.75, 3.05) is 5.73 Å². The Morgan fingerprint density at radius 1 is 0.907 bits per heavy atom. The number of anilines is 1. The number of carbonyl (C=O) groups excluding carboxylic acids is 3. The number of ketones is 2. The summed E-state index contributed by atoms with van der Waals surface area (Å²) in [6.07, 6.45) is 1.79. The molecule has 11 heteroatoms. The normalized spacial score (nSPS) is 13.9. The molecular weight excluding hydrogens is 704 g/mol. The SMILES string of the molecule is CCC(C)(C)c1ccc(OC(C)CC(=O)NC(C(=O)c2ccc(Cl)c(N)c2)(C(=O)C(C)(C)C)n2cc(O)n(Cc3ccccc3)c2=O)c(C(C)(C)CC)c1. The van der Waals surface area contributed by atoms with E-state index in [9.17, 15) is 24.3 Å². The van der Waals surface area contributed by atoms with Gasteiger partial charge >= 0.3 is 5.69 Å². The topological polar surface area (TPSA) is 146 Å². The fourth-order valence-electron chi connectivity index (χ4n) is 6.31. The number of hydrogen-bond acceptors (Lipinski definition) is 7. The lowest BCUT2D eigenvalue weighted by atomic mass is 9.76. The molecule has 0 fully saturated rings. The molecule has 0 aliphatic rings. The van der Waals surface area contributed by atoms with Crippen molar-refractivity contribution in [3.63, 3.8) is 0 Å². The minimum Gasteiger partial charge on any atom is -0.493 e. The first-order valence-electron chi connectivity index (χ1n) is 18.4. The molecule has 0 aliphatic carbocycles. The first-order chi connectivity index (χ1) is 25.1. The van der Waals surface area contributed by atoms with Gasteiger partial charge in [-0.3, -0.25) is 23.5 Å². The van der Waals surface area contributed by atoms with Gasteiger partial charge in [-0.15, -0.1) is 0 Å². The number of nitrogens with two attached hydrogens (primary N) is 1. The first-order valence-corrected chi connectivity index (χ1v) is 18.8. The average molecular weight is 759 g/mol. The summed E-state index contributed by atoms with van der Waals surface area (Å²) in [6.45, 7) is 19.4. The largest absolute Gasteiger partial charge is 0.493 e. The van der Waals surface area contributed by atoms with Crippen LogP contribution in [-0.2, 0) is 32.6 Å². The van der Waals surface area contributed by atoms with Crippen LogP contribution in [0, 0.1) is 5.41 Å². The van der Waals surface area contributed by atoms with E-state index in [2.05, 4.69) is 52.9 Å². The lowest BCUT2D eigenvalue weighted by molar-refractivity contribution is -0.140. The number of rotatable bonds is 15. The lowest BCUT2D eigenvalue weighted by Gasteiger charge is -2.37. The number of nitrogen functional groups attached to an aromatic ring is 1. The number of imidazole rings is 1. The second-order valence-electron chi connectivity index (χ2n) is 16.4. The summed E-state index contributed by atoms with van der Waals surface area (Å²) < 4.78 is 8.31. The highest BCUT2D eigenvalue weighted by Crippen LogP contribution is 2.39. The molecule has 290 valence electrons. The monoisotopic (exact) mass is 758 g/mol. The van der Waals surface area contributed by atoms with Crippen LogP contribution in [0.25, 0.3) is 0 Å². The molecule has 10 nitrogen and oxygen atoms in total. The molecule has 2 atom stereocenters. The number of halogens is 1. The van der Waals surface area contributed by atoms with E-state index in [1.807, 2.05) is 18.2 Å². The number of Topliss-reactive ketones (excluding diaryl/α,β-unsaturated/α-hetero) is 2. The maximum absolute atomic E-state index is 14.9. The number of amides is 1. The van der Waals surface area contributed by atoms with Gasteiger partial charge in [0.25, 0.3) is 0 Å². The Hall–Kier alpha value is -4.83. The van der Waals surface area contributed by atoms with E-state index < -0.39 is 46.2 Å². The Balaban J connectivity index is 1.84. The van der Waals surface area contributed by atoms with Crippen LogP contribution in [-0.4, -0.2) is 37.8 Å². The number of carbonyl (C=O) groups is 3. The minimum absolute atomic E-state index is 0.0562. The Morgan fingerprint density at radius 3 is 2.11 bits per heavy atom. The third-order valence-corrected chi connectivity index (χ3v) is 10.8. The van der Waals surface area contributed by atoms with Crippen LogP contribution in [0.4, 0.5) is 5.69 Å². The van der Waals surface area contributed by atoms with Crippen LogP contribution in [0.5, 0.6) is 11.6 Å². The molecule has 1 amide bonds. The van der Waals surface area contributed by atoms with Gasteiger partial charge in [-0.2, -0.15) is 0 Å². The van der Waals surface area contributed by atoms with Crippen LogP contribution in [0.2, 0.25) is 5.02 Å². The van der Waals surface area contributed by atoms with E-state index in [0.717, 1.165) is 33.7 Å². The van der Waals surface area contributed by atoms with Crippen molar-refractivity contribution in [2.45, 2.75) is 118 Å². The number of nitrogens with zero attached hydrogens (tertiary/aromatic N) is 2. The maximum Gasteiger partial charge on any atom is 0.334 e. The highest BCUT2D eigenvalue weighted by molar-refractivity contribution is 6.33. The predicted octanol–water partition coefficient (Wildman–Crippen LogP) is 8.14. The molecule has 0 aliphatic heterocycles. The van der Waals surface area contributed by atoms with E-state index >= 15 is 0 Å². The Kier molecular flexibility index (Phi) is 12.3. The number of ether oxygens (including phenoxy) is 1. The predicted molar refractivity (Wildman–Crippen MR) is 214 cm³/mol. The van der Waals surface area contributed by atoms with Crippen molar-refractivity contribution in [3.05, 3.63) is 111 Å². The second kappa shape index (κ2) is 15.9. The van der Waals surface area contributed by atoms with Gasteiger partial charge in [0.2, 0.25) is 23.2 Å². The molecule has 54 heavy (non-hydrogen) atoms. The van der Waals surface area contributed by atoms with Crippen LogP contribution in [0.15, 0.2) is 77.7 Å². The zero-order valence-electron chi connectivity index (χ0n) is 33.2. The standard InChI is InChI=1S/C43H55ClN4O6/c1-11-41(7,8)30-19-21-34(31(24-30)42(9,10)12-2)54-27(3)22-35(49)46-43(38(52)40(4,5)6,37(51)29-18-20-32(44)33(45)23-29)48-26-36(50)47(39(48)53)25-28-16-14-13-15-17-28/h13-21,23-24,26-27,50H,11-12,22,25,45H2,1-10H3,(H,46,49). The fourth-order valence-corrected chi connectivity index (χ4v) is 6.42. The van der Waals surface area contributed by atoms with Gasteiger partial charge in [0.1, 0.15) is 11.9 Å². The van der Waals surface area contributed by atoms with Crippen LogP contribution >= 0.6 is 11.6 Å². The third-order valence-electron chi connectivity index (χ3n) is 10.5. The maximum atomic E-state index is 14.9. The van der Waals surface area contributed by atoms with Gasteiger partial charge in [0.05, 0.1) is 29.9 Å². The van der Waals surface area contributed by atoms with Gasteiger partial charge < -0.3 is 20.9 Å². The molecule has 0 spiro atoms. The molecule has 1 aromatic heterocycles. The highest BCUT2D eigenvalue weighted by Gasteiger charge is 2.54. The molecule has 4 aromatic rings. The fraction of sp³-hybridized carbons (Fsp3) is 0.442. The highest BCUT2D eigenvalue weighted by atomic mass is 35.5. The number of aromatic hydroxyl groups is 1. The van der Waals surface area contributed by atoms with E-state index in [0.29, 0.717) is 11.3 Å². The number of nitrogens with one attached hydrogen (secondary N) is 1. The Bertz CT molecular complexity index is 2080. The number of aromatic nitrogens is 2. The van der Waals surface area contributed by atoms with Crippen molar-refractivity contribution in [3.8, 4) is 11.6 Å². The quantitative estimate of drug-likeness (QED) is 0.0631. The average Bonchev–Trinajstić information content (AvgIpc) is 3.39. The molecule has 0 bridgehead atoms. The molecule has 4 rings (SSSR count). The molecule has 0 radical (unpaired) electrons. The van der Waals surface area contributed by atoms with E-state index in [4.69, 9.17) is 22.1 Å². The van der Waals surface area contributed by atoms with E-state index in [1.54, 1.807) is 52.0 Å². The Labute approximate surface area is 323 Å². The van der Waals surface area contributed by atoms with Gasteiger partial charge in [-0.1, -0.05) is 116 Å². The third kappa shape index (κ3) is 8.59. The molecule has 2 unspecified atom stereocenters. The van der Waals surface area contributed by atoms with Crippen molar-refractivity contribution < 1.29 is 24.2 Å². The summed E-state index contributed by atoms with van der Waals surface area (Å²) in [5, 5.41) is 14.0. The first kappa shape index (κ1) is 41.9. The summed E-state index contributed by atoms with van der Waals surface area (Å²) in [6, 6.07) is 19.1. The van der Waals surface area contributed by atoms with Gasteiger partial charge in [0, 0.05) is 16.5 Å². The van der Waals surface area contributed by atoms with Crippen LogP contribution in [0.3, 0.4) is 0 Å². The summed E-state index contributed by atoms with van der Waals surface area (Å²) in [5.74, 6) is -2.35. The zero-order chi connectivity index (χ0) is 40.4. The molecule has 4 N–H and O–H groups in total. The summed E-state index contributed by atoms with van der Waals surface area (Å²) in [4.78, 5) is 58.2. The minimum atomic E-state index is -2.64. The summed E-state index contributed by atoms with van der Waals surface area (Å²) >= 11 is 6.19.